The van der Waals surface area contributed by atoms with Gasteiger partial charge >= 0.3 is 6.18 Å². The number of rotatable bonds is 5. The van der Waals surface area contributed by atoms with Crippen LogP contribution in [0, 0.1) is 12.7 Å². The van der Waals surface area contributed by atoms with Crippen LogP contribution in [0.1, 0.15) is 46.9 Å². The van der Waals surface area contributed by atoms with Crippen LogP contribution < -0.4 is 10.2 Å². The van der Waals surface area contributed by atoms with Crippen molar-refractivity contribution in [2.75, 3.05) is 16.8 Å². The maximum atomic E-state index is 14.4. The molecule has 0 saturated heterocycles. The second-order valence-electron chi connectivity index (χ2n) is 9.40. The van der Waals surface area contributed by atoms with Gasteiger partial charge in [-0.15, -0.1) is 0 Å². The molecular formula is C27H24F4N6O. The Kier molecular flexibility index (Phi) is 6.38. The lowest BCUT2D eigenvalue weighted by molar-refractivity contribution is -0.137. The number of hydrogen-bond acceptors (Lipinski definition) is 5. The van der Waals surface area contributed by atoms with Crippen LogP contribution in [0.3, 0.4) is 0 Å². The van der Waals surface area contributed by atoms with Crippen LogP contribution >= 0.6 is 0 Å². The molecule has 0 unspecified atom stereocenters. The van der Waals surface area contributed by atoms with Crippen LogP contribution in [0.25, 0.3) is 11.3 Å². The molecule has 0 atom stereocenters. The lowest BCUT2D eigenvalue weighted by Crippen LogP contribution is -2.29. The zero-order valence-corrected chi connectivity index (χ0v) is 20.8. The van der Waals surface area contributed by atoms with Gasteiger partial charge in [-0.2, -0.15) is 18.3 Å². The summed E-state index contributed by atoms with van der Waals surface area (Å²) in [6.45, 7) is 6.29. The zero-order chi connectivity index (χ0) is 27.2. The highest BCUT2D eigenvalue weighted by atomic mass is 19.4. The van der Waals surface area contributed by atoms with E-state index in [1.807, 2.05) is 37.7 Å². The molecule has 7 nitrogen and oxygen atoms in total. The van der Waals surface area contributed by atoms with Crippen molar-refractivity contribution in [3.05, 3.63) is 83.1 Å². The van der Waals surface area contributed by atoms with E-state index in [0.29, 0.717) is 35.9 Å². The molecular weight excluding hydrogens is 500 g/mol. The number of carbonyl (C=O) groups excluding carboxylic acids is 1. The monoisotopic (exact) mass is 524 g/mol. The standard InChI is InChI=1S/C27H24F4N6O/c1-15(2)37-14-18(13-33-37)24-16(3)12-32-26(35-24)34-20-5-7-23-17(10-20)8-9-36(23)25(38)21-6-4-19(11-22(21)28)27(29,30)31/h4-7,10-15H,8-9H2,1-3H3,(H,32,34,35). The average Bonchev–Trinajstić information content (AvgIpc) is 3.52. The van der Waals surface area contributed by atoms with E-state index in [1.165, 1.54) is 4.90 Å². The number of carbonyl (C=O) groups is 1. The second-order valence-corrected chi connectivity index (χ2v) is 9.40. The maximum absolute atomic E-state index is 14.4. The second kappa shape index (κ2) is 9.55. The van der Waals surface area contributed by atoms with E-state index in [1.54, 1.807) is 24.5 Å². The number of halogens is 4. The fraction of sp³-hybridized carbons (Fsp3) is 0.259. The smallest absolute Gasteiger partial charge is 0.324 e. The maximum Gasteiger partial charge on any atom is 0.416 e. The fourth-order valence-corrected chi connectivity index (χ4v) is 4.37. The molecule has 0 fully saturated rings. The third-order valence-electron chi connectivity index (χ3n) is 6.38. The quantitative estimate of drug-likeness (QED) is 0.309. The van der Waals surface area contributed by atoms with Crippen LogP contribution in [0.15, 0.2) is 55.0 Å². The number of nitrogens with zero attached hydrogens (tertiary/aromatic N) is 5. The molecule has 1 aliphatic heterocycles. The van der Waals surface area contributed by atoms with Crippen LogP contribution in [-0.4, -0.2) is 32.2 Å². The zero-order valence-electron chi connectivity index (χ0n) is 20.8. The first-order valence-electron chi connectivity index (χ1n) is 12.0. The minimum Gasteiger partial charge on any atom is -0.324 e. The number of alkyl halides is 3. The van der Waals surface area contributed by atoms with Crippen LogP contribution in [-0.2, 0) is 12.6 Å². The van der Waals surface area contributed by atoms with E-state index in [0.717, 1.165) is 28.5 Å². The first-order chi connectivity index (χ1) is 18.0. The van der Waals surface area contributed by atoms with E-state index in [2.05, 4.69) is 20.4 Å². The van der Waals surface area contributed by atoms with Crippen molar-refractivity contribution in [1.82, 2.24) is 19.7 Å². The van der Waals surface area contributed by atoms with Crippen LogP contribution in [0.5, 0.6) is 0 Å². The average molecular weight is 525 g/mol. The Morgan fingerprint density at radius 1 is 1.11 bits per heavy atom. The molecule has 1 N–H and O–H groups in total. The number of anilines is 3. The van der Waals surface area contributed by atoms with E-state index in [9.17, 15) is 22.4 Å². The minimum absolute atomic E-state index is 0.220. The summed E-state index contributed by atoms with van der Waals surface area (Å²) in [6.07, 6.45) is 1.24. The molecule has 11 heteroatoms. The van der Waals surface area contributed by atoms with Gasteiger partial charge in [0.25, 0.3) is 5.91 Å². The molecule has 0 spiro atoms. The first-order valence-corrected chi connectivity index (χ1v) is 12.0. The summed E-state index contributed by atoms with van der Waals surface area (Å²) in [5, 5.41) is 7.57. The van der Waals surface area contributed by atoms with Crippen molar-refractivity contribution < 1.29 is 22.4 Å². The summed E-state index contributed by atoms with van der Waals surface area (Å²) in [6, 6.07) is 7.47. The van der Waals surface area contributed by atoms with Gasteiger partial charge in [0.05, 0.1) is 23.0 Å². The van der Waals surface area contributed by atoms with Gasteiger partial charge in [-0.3, -0.25) is 9.48 Å². The number of hydrogen-bond donors (Lipinski definition) is 1. The van der Waals surface area contributed by atoms with E-state index in [4.69, 9.17) is 0 Å². The molecule has 196 valence electrons. The molecule has 2 aromatic heterocycles. The van der Waals surface area contributed by atoms with E-state index < -0.39 is 29.0 Å². The topological polar surface area (TPSA) is 75.9 Å². The Morgan fingerprint density at radius 3 is 2.58 bits per heavy atom. The van der Waals surface area contributed by atoms with Crippen molar-refractivity contribution in [2.45, 2.75) is 39.4 Å². The van der Waals surface area contributed by atoms with Crippen molar-refractivity contribution in [1.29, 1.82) is 0 Å². The minimum atomic E-state index is -4.69. The first kappa shape index (κ1) is 25.4. The summed E-state index contributed by atoms with van der Waals surface area (Å²) >= 11 is 0. The predicted octanol–water partition coefficient (Wildman–Crippen LogP) is 6.33. The SMILES string of the molecule is Cc1cnc(Nc2ccc3c(c2)CCN3C(=O)c2ccc(C(F)(F)F)cc2F)nc1-c1cnn(C(C)C)c1. The molecule has 5 rings (SSSR count). The van der Waals surface area contributed by atoms with Gasteiger partial charge in [0, 0.05) is 41.9 Å². The third kappa shape index (κ3) is 4.83. The Labute approximate surface area is 216 Å². The number of aromatic nitrogens is 4. The molecule has 0 bridgehead atoms. The molecule has 0 radical (unpaired) electrons. The number of nitrogens with one attached hydrogen (secondary N) is 1. The van der Waals surface area contributed by atoms with Crippen molar-refractivity contribution in [3.8, 4) is 11.3 Å². The van der Waals surface area contributed by atoms with Crippen LogP contribution in [0.4, 0.5) is 34.9 Å². The van der Waals surface area contributed by atoms with Gasteiger partial charge in [0.1, 0.15) is 5.82 Å². The number of fused-ring (bicyclic) bond motifs is 1. The number of amides is 1. The van der Waals surface area contributed by atoms with Crippen molar-refractivity contribution in [2.24, 2.45) is 0 Å². The van der Waals surface area contributed by atoms with Crippen molar-refractivity contribution >= 4 is 23.2 Å². The summed E-state index contributed by atoms with van der Waals surface area (Å²) in [5.74, 6) is -1.51. The molecule has 0 aliphatic carbocycles. The fourth-order valence-electron chi connectivity index (χ4n) is 4.37. The van der Waals surface area contributed by atoms with Gasteiger partial charge in [-0.05, 0) is 74.7 Å². The Hall–Kier alpha value is -4.28. The highest BCUT2D eigenvalue weighted by Gasteiger charge is 2.33. The molecule has 3 heterocycles. The summed E-state index contributed by atoms with van der Waals surface area (Å²) in [5.41, 5.74) is 3.09. The molecule has 38 heavy (non-hydrogen) atoms. The largest absolute Gasteiger partial charge is 0.416 e. The van der Waals surface area contributed by atoms with Gasteiger partial charge in [0.2, 0.25) is 5.95 Å². The molecule has 1 aliphatic rings. The Balaban J connectivity index is 1.36. The van der Waals surface area contributed by atoms with Gasteiger partial charge in [-0.1, -0.05) is 0 Å². The van der Waals surface area contributed by atoms with Crippen LogP contribution in [0.2, 0.25) is 0 Å². The Bertz CT molecular complexity index is 1530. The van der Waals surface area contributed by atoms with E-state index in [-0.39, 0.29) is 12.6 Å². The van der Waals surface area contributed by atoms with Gasteiger partial charge in [-0.25, -0.2) is 14.4 Å². The molecule has 0 saturated carbocycles. The summed E-state index contributed by atoms with van der Waals surface area (Å²) in [4.78, 5) is 23.4. The lowest BCUT2D eigenvalue weighted by atomic mass is 10.1. The Morgan fingerprint density at radius 2 is 1.89 bits per heavy atom. The number of benzene rings is 2. The van der Waals surface area contributed by atoms with Gasteiger partial charge in [0.15, 0.2) is 0 Å². The highest BCUT2D eigenvalue weighted by molar-refractivity contribution is 6.07. The number of aryl methyl sites for hydroxylation is 1. The highest BCUT2D eigenvalue weighted by Crippen LogP contribution is 2.34. The summed E-state index contributed by atoms with van der Waals surface area (Å²) < 4.78 is 54.9. The van der Waals surface area contributed by atoms with Gasteiger partial charge < -0.3 is 10.2 Å². The molecule has 4 aromatic rings. The third-order valence-corrected chi connectivity index (χ3v) is 6.38. The predicted molar refractivity (Wildman–Crippen MR) is 135 cm³/mol. The molecule has 1 amide bonds. The lowest BCUT2D eigenvalue weighted by Gasteiger charge is -2.19. The van der Waals surface area contributed by atoms with E-state index >= 15 is 0 Å². The molecule has 2 aromatic carbocycles. The summed E-state index contributed by atoms with van der Waals surface area (Å²) in [7, 11) is 0. The van der Waals surface area contributed by atoms with Crippen molar-refractivity contribution in [3.63, 3.8) is 0 Å². The normalized spacial score (nSPS) is 13.2.